The van der Waals surface area contributed by atoms with Gasteiger partial charge in [-0.3, -0.25) is 0 Å². The smallest absolute Gasteiger partial charge is 0.182 e. The molecule has 0 bridgehead atoms. The second-order valence-corrected chi connectivity index (χ2v) is 7.38. The normalized spacial score (nSPS) is 10.6. The monoisotopic (exact) mass is 465 g/mol. The van der Waals surface area contributed by atoms with Crippen molar-refractivity contribution in [1.82, 2.24) is 4.98 Å². The molecule has 0 N–H and O–H groups in total. The van der Waals surface area contributed by atoms with Crippen molar-refractivity contribution in [2.45, 2.75) is 6.61 Å². The molecule has 0 unspecified atom stereocenters. The number of benzene rings is 3. The minimum Gasteiger partial charge on any atom is -0.497 e. The van der Waals surface area contributed by atoms with Crippen LogP contribution < -0.4 is 14.2 Å². The molecule has 1 heterocycles. The minimum absolute atomic E-state index is 0.439. The van der Waals surface area contributed by atoms with Crippen LogP contribution in [0, 0.1) is 0 Å². The molecular weight excluding hydrogens is 446 g/mol. The Labute approximate surface area is 183 Å². The van der Waals surface area contributed by atoms with Crippen molar-refractivity contribution in [2.75, 3.05) is 14.2 Å². The Hall–Kier alpha value is -3.25. The summed E-state index contributed by atoms with van der Waals surface area (Å²) in [4.78, 5) is 4.41. The van der Waals surface area contributed by atoms with Gasteiger partial charge in [0.05, 0.1) is 18.7 Å². The van der Waals surface area contributed by atoms with E-state index in [4.69, 9.17) is 18.6 Å². The Morgan fingerprint density at radius 2 is 1.67 bits per heavy atom. The molecule has 0 radical (unpaired) electrons. The van der Waals surface area contributed by atoms with Crippen LogP contribution in [0.2, 0.25) is 0 Å². The van der Waals surface area contributed by atoms with Gasteiger partial charge in [-0.1, -0.05) is 30.3 Å². The van der Waals surface area contributed by atoms with Gasteiger partial charge >= 0.3 is 0 Å². The van der Waals surface area contributed by atoms with E-state index in [1.54, 1.807) is 14.2 Å². The van der Waals surface area contributed by atoms with Gasteiger partial charge in [0.25, 0.3) is 0 Å². The zero-order chi connectivity index (χ0) is 20.9. The number of halogens is 1. The molecule has 0 saturated heterocycles. The molecule has 0 aliphatic carbocycles. The zero-order valence-electron chi connectivity index (χ0n) is 16.6. The average molecular weight is 466 g/mol. The maximum Gasteiger partial charge on any atom is 0.182 e. The van der Waals surface area contributed by atoms with E-state index in [1.807, 2.05) is 66.7 Å². The number of hydrogen-bond acceptors (Lipinski definition) is 5. The van der Waals surface area contributed by atoms with Crippen LogP contribution in [0.5, 0.6) is 17.2 Å². The quantitative estimate of drug-likeness (QED) is 0.317. The molecule has 6 heteroatoms. The maximum atomic E-state index is 6.03. The summed E-state index contributed by atoms with van der Waals surface area (Å²) in [7, 11) is 3.26. The molecule has 0 aliphatic rings. The molecule has 0 amide bonds. The fourth-order valence-corrected chi connectivity index (χ4v) is 3.68. The summed E-state index contributed by atoms with van der Waals surface area (Å²) in [5.41, 5.74) is 3.57. The molecule has 0 fully saturated rings. The van der Waals surface area contributed by atoms with Crippen LogP contribution in [0.1, 0.15) is 5.56 Å². The van der Waals surface area contributed by atoms with Crippen molar-refractivity contribution < 1.29 is 18.6 Å². The van der Waals surface area contributed by atoms with Crippen molar-refractivity contribution in [3.05, 3.63) is 83.2 Å². The Morgan fingerprint density at radius 1 is 0.900 bits per heavy atom. The maximum absolute atomic E-state index is 6.03. The van der Waals surface area contributed by atoms with Gasteiger partial charge in [0.15, 0.2) is 23.7 Å². The lowest BCUT2D eigenvalue weighted by molar-refractivity contribution is 0.282. The number of nitrogens with zero attached hydrogens (tertiary/aromatic N) is 1. The van der Waals surface area contributed by atoms with Crippen molar-refractivity contribution in [1.29, 1.82) is 0 Å². The standard InChI is InChI=1S/C24H20BrNO4/c1-27-19-10-8-17(9-11-19)22-23(30-15-26-22)18-12-20(25)24(21(13-18)28-2)29-14-16-6-4-3-5-7-16/h3-13,15H,14H2,1-2H3. The van der Waals surface area contributed by atoms with Crippen LogP contribution in [-0.4, -0.2) is 19.2 Å². The van der Waals surface area contributed by atoms with E-state index in [-0.39, 0.29) is 0 Å². The Bertz CT molecular complexity index is 1120. The SMILES string of the molecule is COc1ccc(-c2ncoc2-c2cc(Br)c(OCc3ccccc3)c(OC)c2)cc1. The third-order valence-corrected chi connectivity index (χ3v) is 5.24. The van der Waals surface area contributed by atoms with Gasteiger partial charge < -0.3 is 18.6 Å². The molecule has 0 spiro atoms. The zero-order valence-corrected chi connectivity index (χ0v) is 18.2. The highest BCUT2D eigenvalue weighted by molar-refractivity contribution is 9.10. The highest BCUT2D eigenvalue weighted by Crippen LogP contribution is 2.42. The lowest BCUT2D eigenvalue weighted by Crippen LogP contribution is -1.99. The van der Waals surface area contributed by atoms with Gasteiger partial charge in [-0.2, -0.15) is 0 Å². The van der Waals surface area contributed by atoms with Crippen LogP contribution in [0.25, 0.3) is 22.6 Å². The first-order valence-electron chi connectivity index (χ1n) is 9.32. The molecular formula is C24H20BrNO4. The van der Waals surface area contributed by atoms with Crippen molar-refractivity contribution >= 4 is 15.9 Å². The Balaban J connectivity index is 1.66. The molecule has 152 valence electrons. The fourth-order valence-electron chi connectivity index (χ4n) is 3.13. The molecule has 30 heavy (non-hydrogen) atoms. The van der Waals surface area contributed by atoms with Crippen molar-refractivity contribution in [2.24, 2.45) is 0 Å². The van der Waals surface area contributed by atoms with Gasteiger partial charge in [-0.05, 0) is 57.9 Å². The third-order valence-electron chi connectivity index (χ3n) is 4.65. The average Bonchev–Trinajstić information content (AvgIpc) is 3.28. The lowest BCUT2D eigenvalue weighted by atomic mass is 10.1. The molecule has 0 aliphatic heterocycles. The Kier molecular flexibility index (Phi) is 6.05. The number of methoxy groups -OCH3 is 2. The lowest BCUT2D eigenvalue weighted by Gasteiger charge is -2.14. The van der Waals surface area contributed by atoms with E-state index >= 15 is 0 Å². The second kappa shape index (κ2) is 9.05. The molecule has 4 rings (SSSR count). The molecule has 5 nitrogen and oxygen atoms in total. The summed E-state index contributed by atoms with van der Waals surface area (Å²) in [6.07, 6.45) is 1.44. The van der Waals surface area contributed by atoms with Crippen molar-refractivity contribution in [3.8, 4) is 39.8 Å². The van der Waals surface area contributed by atoms with E-state index < -0.39 is 0 Å². The van der Waals surface area contributed by atoms with Gasteiger partial charge in [-0.15, -0.1) is 0 Å². The van der Waals surface area contributed by atoms with Gasteiger partial charge in [0.1, 0.15) is 18.1 Å². The minimum atomic E-state index is 0.439. The fraction of sp³-hybridized carbons (Fsp3) is 0.125. The summed E-state index contributed by atoms with van der Waals surface area (Å²) in [5, 5.41) is 0. The van der Waals surface area contributed by atoms with E-state index in [2.05, 4.69) is 20.9 Å². The molecule has 1 aromatic heterocycles. The predicted molar refractivity (Wildman–Crippen MR) is 119 cm³/mol. The van der Waals surface area contributed by atoms with Gasteiger partial charge in [0, 0.05) is 11.1 Å². The van der Waals surface area contributed by atoms with E-state index in [0.29, 0.717) is 23.9 Å². The number of ether oxygens (including phenoxy) is 3. The first-order chi connectivity index (χ1) is 14.7. The number of hydrogen-bond donors (Lipinski definition) is 0. The van der Waals surface area contributed by atoms with E-state index in [1.165, 1.54) is 6.39 Å². The van der Waals surface area contributed by atoms with Crippen molar-refractivity contribution in [3.63, 3.8) is 0 Å². The van der Waals surface area contributed by atoms with Crippen LogP contribution in [0.4, 0.5) is 0 Å². The molecule has 4 aromatic rings. The topological polar surface area (TPSA) is 53.7 Å². The summed E-state index contributed by atoms with van der Waals surface area (Å²) in [6, 6.07) is 21.5. The van der Waals surface area contributed by atoms with Crippen LogP contribution in [0.3, 0.4) is 0 Å². The number of oxazole rings is 1. The van der Waals surface area contributed by atoms with E-state index in [0.717, 1.165) is 32.6 Å². The molecule has 0 atom stereocenters. The second-order valence-electron chi connectivity index (χ2n) is 6.52. The van der Waals surface area contributed by atoms with E-state index in [9.17, 15) is 0 Å². The van der Waals surface area contributed by atoms with Crippen LogP contribution in [-0.2, 0) is 6.61 Å². The summed E-state index contributed by atoms with van der Waals surface area (Å²) in [5.74, 6) is 2.67. The predicted octanol–water partition coefficient (Wildman–Crippen LogP) is 6.37. The highest BCUT2D eigenvalue weighted by atomic mass is 79.9. The first-order valence-corrected chi connectivity index (χ1v) is 10.1. The number of aromatic nitrogens is 1. The summed E-state index contributed by atoms with van der Waals surface area (Å²) < 4.78 is 23.4. The molecule has 0 saturated carbocycles. The third kappa shape index (κ3) is 4.19. The largest absolute Gasteiger partial charge is 0.497 e. The van der Waals surface area contributed by atoms with Gasteiger partial charge in [0.2, 0.25) is 0 Å². The molecule has 3 aromatic carbocycles. The number of rotatable bonds is 7. The first kappa shape index (κ1) is 20.0. The summed E-state index contributed by atoms with van der Waals surface area (Å²) in [6.45, 7) is 0.439. The van der Waals surface area contributed by atoms with Crippen LogP contribution in [0.15, 0.2) is 82.0 Å². The van der Waals surface area contributed by atoms with Crippen LogP contribution >= 0.6 is 15.9 Å². The Morgan fingerprint density at radius 3 is 2.37 bits per heavy atom. The summed E-state index contributed by atoms with van der Waals surface area (Å²) >= 11 is 3.61. The van der Waals surface area contributed by atoms with Gasteiger partial charge in [-0.25, -0.2) is 4.98 Å². The highest BCUT2D eigenvalue weighted by Gasteiger charge is 2.18.